The van der Waals surface area contributed by atoms with Crippen molar-refractivity contribution in [3.63, 3.8) is 0 Å². The number of imide groups is 1. The summed E-state index contributed by atoms with van der Waals surface area (Å²) in [5.41, 5.74) is 1.03. The Morgan fingerprint density at radius 3 is 2.70 bits per heavy atom. The molecule has 1 aromatic carbocycles. The van der Waals surface area contributed by atoms with Crippen molar-refractivity contribution in [2.75, 3.05) is 6.61 Å². The molecule has 3 amide bonds. The van der Waals surface area contributed by atoms with Crippen molar-refractivity contribution < 1.29 is 14.3 Å². The lowest BCUT2D eigenvalue weighted by Gasteiger charge is -2.28. The van der Waals surface area contributed by atoms with Gasteiger partial charge in [-0.15, -0.1) is 0 Å². The predicted molar refractivity (Wildman–Crippen MR) is 87.2 cm³/mol. The quantitative estimate of drug-likeness (QED) is 0.901. The van der Waals surface area contributed by atoms with Crippen LogP contribution in [0.2, 0.25) is 5.02 Å². The summed E-state index contributed by atoms with van der Waals surface area (Å²) in [6.07, 6.45) is 2.89. The third kappa shape index (κ3) is 3.51. The molecule has 0 aromatic heterocycles. The van der Waals surface area contributed by atoms with Gasteiger partial charge in [0.25, 0.3) is 0 Å². The van der Waals surface area contributed by atoms with Crippen LogP contribution in [0.5, 0.6) is 0 Å². The van der Waals surface area contributed by atoms with Crippen LogP contribution in [0, 0.1) is 0 Å². The summed E-state index contributed by atoms with van der Waals surface area (Å²) in [5.74, 6) is -0.149. The van der Waals surface area contributed by atoms with E-state index >= 15 is 0 Å². The Morgan fingerprint density at radius 1 is 1.30 bits per heavy atom. The zero-order valence-corrected chi connectivity index (χ0v) is 13.9. The second kappa shape index (κ2) is 6.89. The summed E-state index contributed by atoms with van der Waals surface area (Å²) in [6.45, 7) is 2.56. The molecule has 0 aliphatic carbocycles. The van der Waals surface area contributed by atoms with E-state index in [1.165, 1.54) is 4.90 Å². The number of urea groups is 1. The first-order valence-electron chi connectivity index (χ1n) is 8.06. The third-order valence-electron chi connectivity index (χ3n) is 4.63. The maximum atomic E-state index is 12.5. The number of ether oxygens (including phenoxy) is 1. The maximum Gasteiger partial charge on any atom is 0.326 e. The Kier molecular flexibility index (Phi) is 4.87. The van der Waals surface area contributed by atoms with E-state index in [-0.39, 0.29) is 30.1 Å². The number of carbonyl (C=O) groups is 2. The summed E-state index contributed by atoms with van der Waals surface area (Å²) >= 11 is 5.92. The first-order valence-corrected chi connectivity index (χ1v) is 8.43. The number of rotatable bonds is 2. The first kappa shape index (κ1) is 16.3. The highest BCUT2D eigenvalue weighted by molar-refractivity contribution is 6.30. The van der Waals surface area contributed by atoms with Crippen molar-refractivity contribution in [2.45, 2.75) is 50.8 Å². The van der Waals surface area contributed by atoms with Crippen LogP contribution < -0.4 is 5.32 Å². The van der Waals surface area contributed by atoms with Gasteiger partial charge in [0, 0.05) is 30.0 Å². The zero-order valence-electron chi connectivity index (χ0n) is 13.1. The Morgan fingerprint density at radius 2 is 2.04 bits per heavy atom. The molecule has 0 bridgehead atoms. The second-order valence-corrected chi connectivity index (χ2v) is 6.61. The molecule has 5 nitrogen and oxygen atoms in total. The van der Waals surface area contributed by atoms with Crippen LogP contribution in [-0.2, 0) is 9.53 Å². The molecule has 1 N–H and O–H groups in total. The Bertz CT molecular complexity index is 584. The van der Waals surface area contributed by atoms with Crippen molar-refractivity contribution >= 4 is 23.5 Å². The summed E-state index contributed by atoms with van der Waals surface area (Å²) in [7, 11) is 0. The lowest BCUT2D eigenvalue weighted by Crippen LogP contribution is -2.49. The van der Waals surface area contributed by atoms with Crippen LogP contribution in [0.4, 0.5) is 4.79 Å². The summed E-state index contributed by atoms with van der Waals surface area (Å²) in [5, 5.41) is 3.49. The highest BCUT2D eigenvalue weighted by Crippen LogP contribution is 2.34. The van der Waals surface area contributed by atoms with Gasteiger partial charge in [0.15, 0.2) is 0 Å². The van der Waals surface area contributed by atoms with E-state index in [2.05, 4.69) is 5.32 Å². The lowest BCUT2D eigenvalue weighted by molar-refractivity contribution is -0.126. The molecule has 0 saturated carbocycles. The molecule has 3 unspecified atom stereocenters. The van der Waals surface area contributed by atoms with Gasteiger partial charge < -0.3 is 10.1 Å². The van der Waals surface area contributed by atoms with Crippen molar-refractivity contribution in [2.24, 2.45) is 0 Å². The van der Waals surface area contributed by atoms with E-state index in [1.807, 2.05) is 31.2 Å². The van der Waals surface area contributed by atoms with E-state index < -0.39 is 0 Å². The first-order chi connectivity index (χ1) is 11.1. The number of hydrogen-bond acceptors (Lipinski definition) is 3. The molecule has 2 heterocycles. The molecular formula is C17H21ClN2O3. The van der Waals surface area contributed by atoms with E-state index in [1.54, 1.807) is 0 Å². The fraction of sp³-hybridized carbons (Fsp3) is 0.529. The molecule has 2 aliphatic heterocycles. The van der Waals surface area contributed by atoms with E-state index in [0.29, 0.717) is 18.1 Å². The van der Waals surface area contributed by atoms with Crippen LogP contribution in [0.15, 0.2) is 24.3 Å². The zero-order chi connectivity index (χ0) is 16.4. The number of amides is 3. The molecule has 23 heavy (non-hydrogen) atoms. The minimum absolute atomic E-state index is 0.00205. The number of halogens is 1. The topological polar surface area (TPSA) is 58.6 Å². The number of carbonyl (C=O) groups excluding carboxylic acids is 2. The van der Waals surface area contributed by atoms with Crippen LogP contribution in [0.1, 0.15) is 44.1 Å². The summed E-state index contributed by atoms with van der Waals surface area (Å²) in [6, 6.07) is 6.92. The van der Waals surface area contributed by atoms with Gasteiger partial charge in [0.05, 0.1) is 0 Å². The summed E-state index contributed by atoms with van der Waals surface area (Å²) in [4.78, 5) is 26.1. The van der Waals surface area contributed by atoms with Gasteiger partial charge in [-0.05, 0) is 43.9 Å². The smallest absolute Gasteiger partial charge is 0.326 e. The lowest BCUT2D eigenvalue weighted by atomic mass is 9.93. The number of likely N-dealkylation sites (tertiary alicyclic amines) is 1. The van der Waals surface area contributed by atoms with Crippen molar-refractivity contribution in [3.05, 3.63) is 34.9 Å². The number of benzene rings is 1. The van der Waals surface area contributed by atoms with Gasteiger partial charge >= 0.3 is 6.03 Å². The van der Waals surface area contributed by atoms with Gasteiger partial charge in [0.2, 0.25) is 5.91 Å². The SMILES string of the molecule is CC1C(c2ccc(Cl)cc2)CC(=O)N1C(=O)NC1CCCCO1. The van der Waals surface area contributed by atoms with Gasteiger partial charge in [0.1, 0.15) is 6.23 Å². The minimum Gasteiger partial charge on any atom is -0.358 e. The molecular weight excluding hydrogens is 316 g/mol. The third-order valence-corrected chi connectivity index (χ3v) is 4.89. The number of nitrogens with one attached hydrogen (secondary N) is 1. The highest BCUT2D eigenvalue weighted by Gasteiger charge is 2.41. The molecule has 6 heteroatoms. The van der Waals surface area contributed by atoms with Crippen LogP contribution in [0.25, 0.3) is 0 Å². The molecule has 2 aliphatic rings. The van der Waals surface area contributed by atoms with E-state index in [9.17, 15) is 9.59 Å². The van der Waals surface area contributed by atoms with Crippen LogP contribution >= 0.6 is 11.6 Å². The molecule has 1 aromatic rings. The van der Waals surface area contributed by atoms with Crippen LogP contribution in [-0.4, -0.2) is 35.7 Å². The monoisotopic (exact) mass is 336 g/mol. The average molecular weight is 337 g/mol. The number of hydrogen-bond donors (Lipinski definition) is 1. The molecule has 2 saturated heterocycles. The van der Waals surface area contributed by atoms with Gasteiger partial charge in [-0.25, -0.2) is 4.79 Å². The average Bonchev–Trinajstić information content (AvgIpc) is 2.84. The number of nitrogens with zero attached hydrogens (tertiary/aromatic N) is 1. The van der Waals surface area contributed by atoms with E-state index in [4.69, 9.17) is 16.3 Å². The largest absolute Gasteiger partial charge is 0.358 e. The van der Waals surface area contributed by atoms with E-state index in [0.717, 1.165) is 24.8 Å². The highest BCUT2D eigenvalue weighted by atomic mass is 35.5. The Hall–Kier alpha value is -1.59. The summed E-state index contributed by atoms with van der Waals surface area (Å²) < 4.78 is 5.52. The minimum atomic E-state index is -0.356. The van der Waals surface area contributed by atoms with Crippen LogP contribution in [0.3, 0.4) is 0 Å². The fourth-order valence-electron chi connectivity index (χ4n) is 3.33. The normalized spacial score (nSPS) is 28.0. The molecule has 2 fully saturated rings. The predicted octanol–water partition coefficient (Wildman–Crippen LogP) is 3.28. The standard InChI is InChI=1S/C17H21ClN2O3/c1-11-14(12-5-7-13(18)8-6-12)10-16(21)20(11)17(22)19-15-4-2-3-9-23-15/h5-8,11,14-15H,2-4,9-10H2,1H3,(H,19,22). The Balaban J connectivity index is 1.69. The van der Waals surface area contributed by atoms with Gasteiger partial charge in [-0.3, -0.25) is 9.69 Å². The van der Waals surface area contributed by atoms with Gasteiger partial charge in [-0.1, -0.05) is 23.7 Å². The van der Waals surface area contributed by atoms with Crippen molar-refractivity contribution in [1.29, 1.82) is 0 Å². The second-order valence-electron chi connectivity index (χ2n) is 6.17. The Labute approximate surface area is 140 Å². The molecule has 124 valence electrons. The molecule has 3 rings (SSSR count). The molecule has 3 atom stereocenters. The maximum absolute atomic E-state index is 12.5. The van der Waals surface area contributed by atoms with Gasteiger partial charge in [-0.2, -0.15) is 0 Å². The molecule has 0 radical (unpaired) electrons. The van der Waals surface area contributed by atoms with Crippen molar-refractivity contribution in [3.8, 4) is 0 Å². The molecule has 0 spiro atoms. The van der Waals surface area contributed by atoms with Crippen molar-refractivity contribution in [1.82, 2.24) is 10.2 Å². The fourth-order valence-corrected chi connectivity index (χ4v) is 3.46.